The number of nitrogens with zero attached hydrogens (tertiary/aromatic N) is 1. The average Bonchev–Trinajstić information content (AvgIpc) is 2.70. The highest BCUT2D eigenvalue weighted by atomic mass is 16.5. The summed E-state index contributed by atoms with van der Waals surface area (Å²) in [6.07, 6.45) is 0.0431. The van der Waals surface area contributed by atoms with E-state index in [1.807, 2.05) is 0 Å². The van der Waals surface area contributed by atoms with Gasteiger partial charge >= 0.3 is 0 Å². The molecule has 0 radical (unpaired) electrons. The molecule has 136 valence electrons. The number of Topliss-reactive ketones (excluding diaryl/α,β-unsaturated/α-hetero) is 1. The largest absolute Gasteiger partial charge is 0.493 e. The molecule has 0 saturated heterocycles. The zero-order chi connectivity index (χ0) is 19.1. The van der Waals surface area contributed by atoms with Crippen molar-refractivity contribution in [1.29, 1.82) is 5.26 Å². The van der Waals surface area contributed by atoms with Crippen molar-refractivity contribution in [2.75, 3.05) is 28.4 Å². The van der Waals surface area contributed by atoms with Crippen molar-refractivity contribution in [3.63, 3.8) is 0 Å². The van der Waals surface area contributed by atoms with Crippen LogP contribution < -0.4 is 18.9 Å². The van der Waals surface area contributed by atoms with Crippen LogP contribution in [0.15, 0.2) is 36.4 Å². The summed E-state index contributed by atoms with van der Waals surface area (Å²) in [6.45, 7) is 0. The van der Waals surface area contributed by atoms with Crippen LogP contribution in [-0.4, -0.2) is 34.2 Å². The van der Waals surface area contributed by atoms with Crippen molar-refractivity contribution in [1.82, 2.24) is 0 Å². The lowest BCUT2D eigenvalue weighted by atomic mass is 9.92. The zero-order valence-corrected chi connectivity index (χ0v) is 15.2. The molecule has 0 aliphatic rings. The Morgan fingerprint density at radius 1 is 0.885 bits per heavy atom. The highest BCUT2D eigenvalue weighted by Gasteiger charge is 2.20. The molecule has 0 aliphatic heterocycles. The van der Waals surface area contributed by atoms with E-state index in [9.17, 15) is 10.1 Å². The molecule has 0 bridgehead atoms. The van der Waals surface area contributed by atoms with Gasteiger partial charge in [0.05, 0.1) is 40.4 Å². The van der Waals surface area contributed by atoms with E-state index in [0.717, 1.165) is 0 Å². The number of ketones is 1. The van der Waals surface area contributed by atoms with Crippen LogP contribution in [0.2, 0.25) is 0 Å². The molecule has 0 unspecified atom stereocenters. The summed E-state index contributed by atoms with van der Waals surface area (Å²) < 4.78 is 20.9. The highest BCUT2D eigenvalue weighted by Crippen LogP contribution is 2.33. The highest BCUT2D eigenvalue weighted by molar-refractivity contribution is 5.97. The molecule has 1 atom stereocenters. The number of carbonyl (C=O) groups excluding carboxylic acids is 1. The summed E-state index contributed by atoms with van der Waals surface area (Å²) >= 11 is 0. The summed E-state index contributed by atoms with van der Waals surface area (Å²) in [5, 5.41) is 9.53. The topological polar surface area (TPSA) is 77.8 Å². The minimum Gasteiger partial charge on any atom is -0.493 e. The monoisotopic (exact) mass is 355 g/mol. The predicted octanol–water partition coefficient (Wildman–Crippen LogP) is 3.60. The predicted molar refractivity (Wildman–Crippen MR) is 96.4 cm³/mol. The zero-order valence-electron chi connectivity index (χ0n) is 15.2. The fourth-order valence-electron chi connectivity index (χ4n) is 2.62. The van der Waals surface area contributed by atoms with Gasteiger partial charge < -0.3 is 18.9 Å². The Morgan fingerprint density at radius 3 is 1.96 bits per heavy atom. The maximum atomic E-state index is 12.6. The number of ether oxygens (including phenoxy) is 4. The number of methoxy groups -OCH3 is 4. The molecule has 0 aromatic heterocycles. The van der Waals surface area contributed by atoms with Crippen LogP contribution in [0.3, 0.4) is 0 Å². The van der Waals surface area contributed by atoms with Crippen molar-refractivity contribution >= 4 is 5.78 Å². The maximum absolute atomic E-state index is 12.6. The van der Waals surface area contributed by atoms with Crippen LogP contribution >= 0.6 is 0 Å². The number of hydrogen-bond donors (Lipinski definition) is 0. The SMILES string of the molecule is COc1ccc(C(=O)C[C@H](C#N)c2ccc(OC)c(OC)c2)cc1OC. The third kappa shape index (κ3) is 4.06. The van der Waals surface area contributed by atoms with E-state index in [2.05, 4.69) is 6.07 Å². The van der Waals surface area contributed by atoms with Gasteiger partial charge in [0.2, 0.25) is 0 Å². The molecule has 26 heavy (non-hydrogen) atoms. The molecule has 0 saturated carbocycles. The molecule has 0 N–H and O–H groups in total. The van der Waals surface area contributed by atoms with Crippen LogP contribution in [0.1, 0.15) is 28.3 Å². The van der Waals surface area contributed by atoms with Gasteiger partial charge in [-0.3, -0.25) is 4.79 Å². The van der Waals surface area contributed by atoms with Crippen LogP contribution in [0.4, 0.5) is 0 Å². The van der Waals surface area contributed by atoms with Crippen LogP contribution in [-0.2, 0) is 0 Å². The lowest BCUT2D eigenvalue weighted by molar-refractivity contribution is 0.0978. The smallest absolute Gasteiger partial charge is 0.164 e. The quantitative estimate of drug-likeness (QED) is 0.673. The van der Waals surface area contributed by atoms with Crippen molar-refractivity contribution < 1.29 is 23.7 Å². The minimum atomic E-state index is -0.601. The maximum Gasteiger partial charge on any atom is 0.164 e. The summed E-state index contributed by atoms with van der Waals surface area (Å²) in [7, 11) is 6.10. The van der Waals surface area contributed by atoms with E-state index >= 15 is 0 Å². The second-order valence-electron chi connectivity index (χ2n) is 5.49. The van der Waals surface area contributed by atoms with Gasteiger partial charge in [0.15, 0.2) is 28.8 Å². The standard InChI is InChI=1S/C20H21NO5/c1-23-17-7-5-13(10-19(17)25-3)15(12-21)9-16(22)14-6-8-18(24-2)20(11-14)26-4/h5-8,10-11,15H,9H2,1-4H3/t15-/m1/s1. The molecule has 6 nitrogen and oxygen atoms in total. The lowest BCUT2D eigenvalue weighted by Crippen LogP contribution is -2.07. The van der Waals surface area contributed by atoms with E-state index in [1.165, 1.54) is 21.3 Å². The third-order valence-corrected chi connectivity index (χ3v) is 4.06. The molecule has 0 spiro atoms. The molecule has 2 aromatic rings. The second kappa shape index (κ2) is 8.77. The van der Waals surface area contributed by atoms with Gasteiger partial charge in [-0.1, -0.05) is 6.07 Å². The summed E-state index contributed by atoms with van der Waals surface area (Å²) in [4.78, 5) is 12.6. The molecule has 0 amide bonds. The van der Waals surface area contributed by atoms with Crippen LogP contribution in [0.5, 0.6) is 23.0 Å². The molecule has 2 rings (SSSR count). The summed E-state index contributed by atoms with van der Waals surface area (Å²) in [6, 6.07) is 12.3. The summed E-state index contributed by atoms with van der Waals surface area (Å²) in [5.74, 6) is 1.34. The first kappa shape index (κ1) is 19.1. The molecular weight excluding hydrogens is 334 g/mol. The van der Waals surface area contributed by atoms with Gasteiger partial charge in [-0.2, -0.15) is 5.26 Å². The Kier molecular flexibility index (Phi) is 6.45. The van der Waals surface area contributed by atoms with Gasteiger partial charge in [0.1, 0.15) is 0 Å². The van der Waals surface area contributed by atoms with Gasteiger partial charge in [0, 0.05) is 12.0 Å². The number of rotatable bonds is 8. The Bertz CT molecular complexity index is 825. The molecule has 0 fully saturated rings. The first-order valence-electron chi connectivity index (χ1n) is 7.94. The molecule has 0 aliphatic carbocycles. The van der Waals surface area contributed by atoms with Crippen LogP contribution in [0, 0.1) is 11.3 Å². The molecule has 6 heteroatoms. The van der Waals surface area contributed by atoms with E-state index in [1.54, 1.807) is 43.5 Å². The second-order valence-corrected chi connectivity index (χ2v) is 5.49. The van der Waals surface area contributed by atoms with E-state index < -0.39 is 5.92 Å². The summed E-state index contributed by atoms with van der Waals surface area (Å²) in [5.41, 5.74) is 1.15. The van der Waals surface area contributed by atoms with Crippen molar-refractivity contribution in [3.8, 4) is 29.1 Å². The fourth-order valence-corrected chi connectivity index (χ4v) is 2.62. The fraction of sp³-hybridized carbons (Fsp3) is 0.300. The molecule has 0 heterocycles. The Morgan fingerprint density at radius 2 is 1.42 bits per heavy atom. The first-order chi connectivity index (χ1) is 12.6. The van der Waals surface area contributed by atoms with Crippen molar-refractivity contribution in [2.45, 2.75) is 12.3 Å². The van der Waals surface area contributed by atoms with E-state index in [0.29, 0.717) is 34.1 Å². The third-order valence-electron chi connectivity index (χ3n) is 4.06. The van der Waals surface area contributed by atoms with E-state index in [4.69, 9.17) is 18.9 Å². The molecular formula is C20H21NO5. The minimum absolute atomic E-state index is 0.0431. The number of nitriles is 1. The van der Waals surface area contributed by atoms with Gasteiger partial charge in [-0.25, -0.2) is 0 Å². The van der Waals surface area contributed by atoms with E-state index in [-0.39, 0.29) is 12.2 Å². The van der Waals surface area contributed by atoms with Gasteiger partial charge in [-0.15, -0.1) is 0 Å². The van der Waals surface area contributed by atoms with Gasteiger partial charge in [-0.05, 0) is 35.9 Å². The van der Waals surface area contributed by atoms with Crippen molar-refractivity contribution in [3.05, 3.63) is 47.5 Å². The number of hydrogen-bond acceptors (Lipinski definition) is 6. The Balaban J connectivity index is 2.25. The number of benzene rings is 2. The number of carbonyl (C=O) groups is 1. The first-order valence-corrected chi connectivity index (χ1v) is 7.94. The van der Waals surface area contributed by atoms with Crippen LogP contribution in [0.25, 0.3) is 0 Å². The Labute approximate surface area is 152 Å². The van der Waals surface area contributed by atoms with Gasteiger partial charge in [0.25, 0.3) is 0 Å². The molecule has 2 aromatic carbocycles. The Hall–Kier alpha value is -3.20. The average molecular weight is 355 g/mol. The normalized spacial score (nSPS) is 11.2. The lowest BCUT2D eigenvalue weighted by Gasteiger charge is -2.13. The van der Waals surface area contributed by atoms with Crippen molar-refractivity contribution in [2.24, 2.45) is 0 Å².